The van der Waals surface area contributed by atoms with Crippen LogP contribution in [0.15, 0.2) is 51.7 Å². The number of benzene rings is 1. The van der Waals surface area contributed by atoms with Crippen LogP contribution in [-0.2, 0) is 22.5 Å². The Morgan fingerprint density at radius 3 is 2.70 bits per heavy atom. The molecule has 1 fully saturated rings. The van der Waals surface area contributed by atoms with Gasteiger partial charge in [0.15, 0.2) is 0 Å². The van der Waals surface area contributed by atoms with Gasteiger partial charge in [-0.05, 0) is 79.5 Å². The number of ether oxygens (including phenoxy) is 1. The molecule has 3 heterocycles. The maximum absolute atomic E-state index is 13.2. The lowest BCUT2D eigenvalue weighted by atomic mass is 9.75. The Kier molecular flexibility index (Phi) is 6.29. The number of carbonyl (C=O) groups excluding carboxylic acids is 1. The summed E-state index contributed by atoms with van der Waals surface area (Å²) in [5.41, 5.74) is 2.12. The molecule has 2 aromatic heterocycles. The number of nitrogens with zero attached hydrogens (tertiary/aromatic N) is 2. The first-order valence-electron chi connectivity index (χ1n) is 10.2. The number of piperidine rings is 1. The fraction of sp³-hybridized carbons (Fsp3) is 0.391. The number of aromatic nitrogens is 1. The molecule has 30 heavy (non-hydrogen) atoms. The molecule has 0 bridgehead atoms. The van der Waals surface area contributed by atoms with E-state index in [4.69, 9.17) is 9.26 Å². The summed E-state index contributed by atoms with van der Waals surface area (Å²) in [7, 11) is 0. The number of rotatable bonds is 7. The van der Waals surface area contributed by atoms with Gasteiger partial charge in [0.1, 0.15) is 17.3 Å². The van der Waals surface area contributed by atoms with Crippen LogP contribution in [0.3, 0.4) is 0 Å². The van der Waals surface area contributed by atoms with Gasteiger partial charge in [0.2, 0.25) is 0 Å². The van der Waals surface area contributed by atoms with Crippen molar-refractivity contribution in [3.8, 4) is 11.3 Å². The number of esters is 1. The number of hydrogen-bond acceptors (Lipinski definition) is 6. The number of hydrogen-bond donors (Lipinski definition) is 0. The van der Waals surface area contributed by atoms with Crippen LogP contribution in [0.25, 0.3) is 11.3 Å². The average molecular weight is 429 g/mol. The molecule has 158 valence electrons. The summed E-state index contributed by atoms with van der Waals surface area (Å²) in [6, 6.07) is 10.1. The van der Waals surface area contributed by atoms with E-state index in [0.29, 0.717) is 37.3 Å². The molecule has 1 aliphatic rings. The van der Waals surface area contributed by atoms with Gasteiger partial charge >= 0.3 is 5.97 Å². The summed E-state index contributed by atoms with van der Waals surface area (Å²) in [6.07, 6.45) is 1.87. The van der Waals surface area contributed by atoms with E-state index in [1.54, 1.807) is 23.5 Å². The SMILES string of the molecule is CCOC(=O)C1(Cc2cc(-c3ccc(F)cc3)no2)CCN(Cc2ccsc2)CC1. The molecule has 1 saturated heterocycles. The molecule has 0 spiro atoms. The molecule has 7 heteroatoms. The Bertz CT molecular complexity index is 961. The molecule has 4 rings (SSSR count). The standard InChI is InChI=1S/C23H25FN2O3S/c1-2-28-22(27)23(8-10-26(11-9-23)15-17-7-12-30-16-17)14-20-13-21(25-29-20)18-3-5-19(24)6-4-18/h3-7,12-13,16H,2,8-11,14-15H2,1H3. The van der Waals surface area contributed by atoms with Gasteiger partial charge < -0.3 is 9.26 Å². The molecular formula is C23H25FN2O3S. The maximum atomic E-state index is 13.2. The zero-order chi connectivity index (χ0) is 21.0. The van der Waals surface area contributed by atoms with Gasteiger partial charge in [-0.1, -0.05) is 5.16 Å². The lowest BCUT2D eigenvalue weighted by Crippen LogP contribution is -2.46. The van der Waals surface area contributed by atoms with Crippen molar-refractivity contribution in [2.24, 2.45) is 5.41 Å². The van der Waals surface area contributed by atoms with Crippen molar-refractivity contribution in [3.05, 3.63) is 64.3 Å². The normalized spacial score (nSPS) is 16.5. The molecular weight excluding hydrogens is 403 g/mol. The first-order valence-corrected chi connectivity index (χ1v) is 11.1. The summed E-state index contributed by atoms with van der Waals surface area (Å²) in [4.78, 5) is 15.3. The van der Waals surface area contributed by atoms with Crippen molar-refractivity contribution in [2.75, 3.05) is 19.7 Å². The first kappa shape index (κ1) is 20.8. The third-order valence-electron chi connectivity index (χ3n) is 5.72. The van der Waals surface area contributed by atoms with Crippen molar-refractivity contribution < 1.29 is 18.4 Å². The van der Waals surface area contributed by atoms with Gasteiger partial charge in [-0.3, -0.25) is 9.69 Å². The van der Waals surface area contributed by atoms with Crippen LogP contribution in [0.2, 0.25) is 0 Å². The Morgan fingerprint density at radius 2 is 2.03 bits per heavy atom. The Balaban J connectivity index is 1.48. The van der Waals surface area contributed by atoms with Crippen LogP contribution in [0.5, 0.6) is 0 Å². The molecule has 0 atom stereocenters. The number of carbonyl (C=O) groups is 1. The molecule has 0 saturated carbocycles. The van der Waals surface area contributed by atoms with E-state index >= 15 is 0 Å². The van der Waals surface area contributed by atoms with E-state index in [-0.39, 0.29) is 11.8 Å². The van der Waals surface area contributed by atoms with E-state index in [2.05, 4.69) is 26.9 Å². The van der Waals surface area contributed by atoms with Gasteiger partial charge in [0.05, 0.1) is 12.0 Å². The van der Waals surface area contributed by atoms with Gasteiger partial charge in [0.25, 0.3) is 0 Å². The van der Waals surface area contributed by atoms with E-state index in [1.807, 2.05) is 13.0 Å². The van der Waals surface area contributed by atoms with Crippen LogP contribution in [-0.4, -0.2) is 35.7 Å². The predicted molar refractivity (Wildman–Crippen MR) is 113 cm³/mol. The quantitative estimate of drug-likeness (QED) is 0.500. The van der Waals surface area contributed by atoms with Crippen LogP contribution < -0.4 is 0 Å². The highest BCUT2D eigenvalue weighted by Crippen LogP contribution is 2.38. The minimum Gasteiger partial charge on any atom is -0.466 e. The molecule has 0 aliphatic carbocycles. The molecule has 1 aliphatic heterocycles. The van der Waals surface area contributed by atoms with Crippen molar-refractivity contribution in [3.63, 3.8) is 0 Å². The van der Waals surface area contributed by atoms with Crippen LogP contribution in [0.4, 0.5) is 4.39 Å². The highest BCUT2D eigenvalue weighted by atomic mass is 32.1. The smallest absolute Gasteiger partial charge is 0.312 e. The zero-order valence-electron chi connectivity index (χ0n) is 17.0. The van der Waals surface area contributed by atoms with Crippen molar-refractivity contribution in [1.82, 2.24) is 10.1 Å². The summed E-state index contributed by atoms with van der Waals surface area (Å²) < 4.78 is 24.2. The largest absolute Gasteiger partial charge is 0.466 e. The number of halogens is 1. The molecule has 0 amide bonds. The third kappa shape index (κ3) is 4.63. The maximum Gasteiger partial charge on any atom is 0.312 e. The van der Waals surface area contributed by atoms with Gasteiger partial charge in [-0.2, -0.15) is 11.3 Å². The number of thiophene rings is 1. The van der Waals surface area contributed by atoms with Crippen molar-refractivity contribution in [1.29, 1.82) is 0 Å². The summed E-state index contributed by atoms with van der Waals surface area (Å²) in [6.45, 7) is 4.75. The Morgan fingerprint density at radius 1 is 1.27 bits per heavy atom. The van der Waals surface area contributed by atoms with E-state index < -0.39 is 5.41 Å². The third-order valence-corrected chi connectivity index (χ3v) is 6.45. The lowest BCUT2D eigenvalue weighted by molar-refractivity contribution is -0.159. The number of likely N-dealkylation sites (tertiary alicyclic amines) is 1. The summed E-state index contributed by atoms with van der Waals surface area (Å²) >= 11 is 1.70. The second-order valence-electron chi connectivity index (χ2n) is 7.77. The highest BCUT2D eigenvalue weighted by Gasteiger charge is 2.43. The first-order chi connectivity index (χ1) is 14.6. The molecule has 0 unspecified atom stereocenters. The van der Waals surface area contributed by atoms with Gasteiger partial charge in [-0.15, -0.1) is 0 Å². The summed E-state index contributed by atoms with van der Waals surface area (Å²) in [5.74, 6) is 0.187. The van der Waals surface area contributed by atoms with E-state index in [9.17, 15) is 9.18 Å². The molecule has 1 aromatic carbocycles. The summed E-state index contributed by atoms with van der Waals surface area (Å²) in [5, 5.41) is 8.38. The topological polar surface area (TPSA) is 55.6 Å². The minimum absolute atomic E-state index is 0.167. The Hall–Kier alpha value is -2.51. The minimum atomic E-state index is -0.610. The molecule has 0 N–H and O–H groups in total. The second kappa shape index (κ2) is 9.10. The van der Waals surface area contributed by atoms with E-state index in [1.165, 1.54) is 17.7 Å². The fourth-order valence-corrected chi connectivity index (χ4v) is 4.66. The van der Waals surface area contributed by atoms with Crippen LogP contribution >= 0.6 is 11.3 Å². The van der Waals surface area contributed by atoms with Crippen LogP contribution in [0, 0.1) is 11.2 Å². The lowest BCUT2D eigenvalue weighted by Gasteiger charge is -2.39. The van der Waals surface area contributed by atoms with Crippen LogP contribution in [0.1, 0.15) is 31.1 Å². The monoisotopic (exact) mass is 428 g/mol. The molecule has 0 radical (unpaired) electrons. The Labute approximate surface area is 179 Å². The van der Waals surface area contributed by atoms with Crippen molar-refractivity contribution >= 4 is 17.3 Å². The second-order valence-corrected chi connectivity index (χ2v) is 8.55. The predicted octanol–water partition coefficient (Wildman–Crippen LogP) is 4.93. The van der Waals surface area contributed by atoms with Gasteiger partial charge in [-0.25, -0.2) is 4.39 Å². The zero-order valence-corrected chi connectivity index (χ0v) is 17.8. The highest BCUT2D eigenvalue weighted by molar-refractivity contribution is 7.07. The fourth-order valence-electron chi connectivity index (χ4n) is 4.00. The molecule has 5 nitrogen and oxygen atoms in total. The average Bonchev–Trinajstić information content (AvgIpc) is 3.42. The molecule has 3 aromatic rings. The van der Waals surface area contributed by atoms with Crippen molar-refractivity contribution in [2.45, 2.75) is 32.7 Å². The van der Waals surface area contributed by atoms with E-state index in [0.717, 1.165) is 25.2 Å². The van der Waals surface area contributed by atoms with Gasteiger partial charge in [0, 0.05) is 24.6 Å².